The number of ether oxygens (including phenoxy) is 1. The van der Waals surface area contributed by atoms with Crippen LogP contribution in [-0.2, 0) is 9.53 Å². The van der Waals surface area contributed by atoms with Crippen molar-refractivity contribution in [1.82, 2.24) is 0 Å². The third-order valence-electron chi connectivity index (χ3n) is 3.29. The lowest BCUT2D eigenvalue weighted by Gasteiger charge is -2.07. The molecule has 2 rings (SSSR count). The molecule has 8 heteroatoms. The van der Waals surface area contributed by atoms with Crippen molar-refractivity contribution in [1.29, 1.82) is 5.26 Å². The van der Waals surface area contributed by atoms with Gasteiger partial charge in [0.2, 0.25) is 0 Å². The molecule has 132 valence electrons. The van der Waals surface area contributed by atoms with Crippen LogP contribution in [0, 0.1) is 11.3 Å². The van der Waals surface area contributed by atoms with Gasteiger partial charge in [-0.3, -0.25) is 4.79 Å². The number of esters is 1. The first kappa shape index (κ1) is 18.8. The van der Waals surface area contributed by atoms with Crippen LogP contribution in [0.25, 0.3) is 0 Å². The van der Waals surface area contributed by atoms with E-state index in [0.29, 0.717) is 27.6 Å². The predicted octanol–water partition coefficient (Wildman–Crippen LogP) is 3.17. The number of rotatable bonds is 5. The standard InChI is InChI=1S/C18H15ClN4O3/c1-26-18(25)11-3-2-4-13(7-11)22-10-12(9-20)17(24)23-14-5-6-16(21)15(19)8-14/h2-8,10,22H,21H2,1H3,(H,23,24)/b12-10-. The molecule has 0 atom stereocenters. The van der Waals surface area contributed by atoms with Crippen LogP contribution in [-0.4, -0.2) is 19.0 Å². The number of hydrogen-bond donors (Lipinski definition) is 3. The summed E-state index contributed by atoms with van der Waals surface area (Å²) >= 11 is 5.90. The second-order valence-corrected chi connectivity index (χ2v) is 5.48. The highest BCUT2D eigenvalue weighted by Crippen LogP contribution is 2.23. The van der Waals surface area contributed by atoms with Crippen LogP contribution in [0.5, 0.6) is 0 Å². The minimum absolute atomic E-state index is 0.165. The van der Waals surface area contributed by atoms with Crippen LogP contribution in [0.1, 0.15) is 10.4 Å². The van der Waals surface area contributed by atoms with Crippen LogP contribution in [0.3, 0.4) is 0 Å². The largest absolute Gasteiger partial charge is 0.465 e. The second kappa shape index (κ2) is 8.55. The van der Waals surface area contributed by atoms with Crippen molar-refractivity contribution in [2.45, 2.75) is 0 Å². The van der Waals surface area contributed by atoms with Gasteiger partial charge in [0.05, 0.1) is 23.4 Å². The molecule has 0 aliphatic carbocycles. The monoisotopic (exact) mass is 370 g/mol. The Kier molecular flexibility index (Phi) is 6.20. The number of nitriles is 1. The summed E-state index contributed by atoms with van der Waals surface area (Å²) in [5, 5.41) is 14.8. The number of hydrogen-bond acceptors (Lipinski definition) is 6. The molecular weight excluding hydrogens is 356 g/mol. The smallest absolute Gasteiger partial charge is 0.337 e. The summed E-state index contributed by atoms with van der Waals surface area (Å²) in [6, 6.07) is 12.8. The van der Waals surface area contributed by atoms with E-state index >= 15 is 0 Å². The third kappa shape index (κ3) is 4.75. The van der Waals surface area contributed by atoms with Crippen LogP contribution >= 0.6 is 11.6 Å². The predicted molar refractivity (Wildman–Crippen MR) is 99.6 cm³/mol. The molecular formula is C18H15ClN4O3. The number of nitrogens with two attached hydrogens (primary N) is 1. The average molecular weight is 371 g/mol. The molecule has 0 radical (unpaired) electrons. The third-order valence-corrected chi connectivity index (χ3v) is 3.62. The quantitative estimate of drug-likeness (QED) is 0.322. The van der Waals surface area contributed by atoms with E-state index in [1.165, 1.54) is 25.4 Å². The zero-order chi connectivity index (χ0) is 19.1. The van der Waals surface area contributed by atoms with Crippen molar-refractivity contribution in [3.63, 3.8) is 0 Å². The van der Waals surface area contributed by atoms with Crippen molar-refractivity contribution in [3.05, 3.63) is 64.8 Å². The van der Waals surface area contributed by atoms with E-state index in [9.17, 15) is 14.9 Å². The molecule has 0 fully saturated rings. The number of carbonyl (C=O) groups excluding carboxylic acids is 2. The lowest BCUT2D eigenvalue weighted by Crippen LogP contribution is -2.14. The molecule has 0 spiro atoms. The Balaban J connectivity index is 2.12. The highest BCUT2D eigenvalue weighted by atomic mass is 35.5. The Hall–Kier alpha value is -3.50. The molecule has 0 aliphatic rings. The number of benzene rings is 2. The van der Waals surface area contributed by atoms with Crippen molar-refractivity contribution >= 4 is 40.5 Å². The van der Waals surface area contributed by atoms with Gasteiger partial charge in [-0.1, -0.05) is 17.7 Å². The summed E-state index contributed by atoms with van der Waals surface area (Å²) in [6.45, 7) is 0. The highest BCUT2D eigenvalue weighted by Gasteiger charge is 2.11. The number of halogens is 1. The normalized spacial score (nSPS) is 10.6. The van der Waals surface area contributed by atoms with Gasteiger partial charge in [0.25, 0.3) is 5.91 Å². The summed E-state index contributed by atoms with van der Waals surface area (Å²) in [7, 11) is 1.28. The zero-order valence-electron chi connectivity index (χ0n) is 13.7. The number of amides is 1. The summed E-state index contributed by atoms with van der Waals surface area (Å²) in [5.41, 5.74) is 7.09. The first-order valence-corrected chi connectivity index (χ1v) is 7.74. The zero-order valence-corrected chi connectivity index (χ0v) is 14.5. The van der Waals surface area contributed by atoms with Gasteiger partial charge in [-0.15, -0.1) is 0 Å². The molecule has 0 saturated heterocycles. The van der Waals surface area contributed by atoms with Gasteiger partial charge < -0.3 is 21.1 Å². The molecule has 4 N–H and O–H groups in total. The maximum absolute atomic E-state index is 12.2. The minimum Gasteiger partial charge on any atom is -0.465 e. The first-order valence-electron chi connectivity index (χ1n) is 7.36. The van der Waals surface area contributed by atoms with E-state index in [1.54, 1.807) is 36.4 Å². The lowest BCUT2D eigenvalue weighted by molar-refractivity contribution is -0.112. The fourth-order valence-electron chi connectivity index (χ4n) is 1.96. The van der Waals surface area contributed by atoms with Crippen molar-refractivity contribution in [2.75, 3.05) is 23.5 Å². The second-order valence-electron chi connectivity index (χ2n) is 5.08. The molecule has 26 heavy (non-hydrogen) atoms. The number of nitrogens with one attached hydrogen (secondary N) is 2. The molecule has 7 nitrogen and oxygen atoms in total. The Morgan fingerprint density at radius 3 is 2.65 bits per heavy atom. The van der Waals surface area contributed by atoms with Crippen LogP contribution < -0.4 is 16.4 Å². The van der Waals surface area contributed by atoms with E-state index in [2.05, 4.69) is 15.4 Å². The molecule has 1 amide bonds. The number of nitrogens with zero attached hydrogens (tertiary/aromatic N) is 1. The molecule has 0 bridgehead atoms. The minimum atomic E-state index is -0.620. The van der Waals surface area contributed by atoms with E-state index < -0.39 is 11.9 Å². The van der Waals surface area contributed by atoms with Crippen molar-refractivity contribution in [3.8, 4) is 6.07 Å². The highest BCUT2D eigenvalue weighted by molar-refractivity contribution is 6.33. The van der Waals surface area contributed by atoms with Crippen molar-refractivity contribution < 1.29 is 14.3 Å². The molecule has 0 aliphatic heterocycles. The SMILES string of the molecule is COC(=O)c1cccc(N/C=C(/C#N)C(=O)Nc2ccc(N)c(Cl)c2)c1. The van der Waals surface area contributed by atoms with Crippen LogP contribution in [0.2, 0.25) is 5.02 Å². The molecule has 0 saturated carbocycles. The molecule has 2 aromatic carbocycles. The molecule has 0 unspecified atom stereocenters. The van der Waals surface area contributed by atoms with Gasteiger partial charge in [0.15, 0.2) is 0 Å². The Labute approximate surface area is 155 Å². The van der Waals surface area contributed by atoms with Crippen LogP contribution in [0.15, 0.2) is 54.2 Å². The van der Waals surface area contributed by atoms with Gasteiger partial charge in [-0.25, -0.2) is 4.79 Å². The Morgan fingerprint density at radius 1 is 1.23 bits per heavy atom. The number of carbonyl (C=O) groups is 2. The lowest BCUT2D eigenvalue weighted by atomic mass is 10.2. The molecule has 0 aromatic heterocycles. The van der Waals surface area contributed by atoms with Crippen molar-refractivity contribution in [2.24, 2.45) is 0 Å². The maximum Gasteiger partial charge on any atom is 0.337 e. The Bertz CT molecular complexity index is 919. The van der Waals surface area contributed by atoms with E-state index in [0.717, 1.165) is 0 Å². The Morgan fingerprint density at radius 2 is 2.00 bits per heavy atom. The van der Waals surface area contributed by atoms with E-state index in [4.69, 9.17) is 17.3 Å². The topological polar surface area (TPSA) is 117 Å². The maximum atomic E-state index is 12.2. The fraction of sp³-hybridized carbons (Fsp3) is 0.0556. The van der Waals surface area contributed by atoms with Crippen LogP contribution in [0.4, 0.5) is 17.1 Å². The summed E-state index contributed by atoms with van der Waals surface area (Å²) in [4.78, 5) is 23.7. The average Bonchev–Trinajstić information content (AvgIpc) is 2.64. The number of anilines is 3. The van der Waals surface area contributed by atoms with E-state index in [-0.39, 0.29) is 5.57 Å². The summed E-state index contributed by atoms with van der Waals surface area (Å²) in [5.74, 6) is -1.11. The molecule has 0 heterocycles. The summed E-state index contributed by atoms with van der Waals surface area (Å²) in [6.07, 6.45) is 1.24. The van der Waals surface area contributed by atoms with Gasteiger partial charge in [-0.2, -0.15) is 5.26 Å². The van der Waals surface area contributed by atoms with Gasteiger partial charge >= 0.3 is 5.97 Å². The van der Waals surface area contributed by atoms with Gasteiger partial charge in [0.1, 0.15) is 11.6 Å². The summed E-state index contributed by atoms with van der Waals surface area (Å²) < 4.78 is 4.64. The fourth-order valence-corrected chi connectivity index (χ4v) is 2.14. The number of nitrogen functional groups attached to an aromatic ring is 1. The number of methoxy groups -OCH3 is 1. The molecule has 2 aromatic rings. The van der Waals surface area contributed by atoms with Gasteiger partial charge in [-0.05, 0) is 36.4 Å². The van der Waals surface area contributed by atoms with E-state index in [1.807, 2.05) is 0 Å². The first-order chi connectivity index (χ1) is 12.4. The van der Waals surface area contributed by atoms with Gasteiger partial charge in [0, 0.05) is 17.6 Å².